The highest BCUT2D eigenvalue weighted by Gasteiger charge is 2.07. The van der Waals surface area contributed by atoms with E-state index in [1.165, 1.54) is 5.56 Å². The molecule has 0 bridgehead atoms. The molecule has 2 aromatic rings. The quantitative estimate of drug-likeness (QED) is 0.780. The maximum atomic E-state index is 4.35. The smallest absolute Gasteiger partial charge is 0.148 e. The average molecular weight is 345 g/mol. The number of benzene rings is 1. The molecule has 0 amide bonds. The van der Waals surface area contributed by atoms with Gasteiger partial charge < -0.3 is 0 Å². The lowest BCUT2D eigenvalue weighted by Gasteiger charge is -2.06. The van der Waals surface area contributed by atoms with E-state index in [9.17, 15) is 0 Å². The monoisotopic (exact) mass is 343 g/mol. The van der Waals surface area contributed by atoms with Gasteiger partial charge >= 0.3 is 0 Å². The Kier molecular flexibility index (Phi) is 3.44. The minimum atomic E-state index is 0.790. The molecule has 0 aliphatic rings. The van der Waals surface area contributed by atoms with Crippen molar-refractivity contribution in [2.75, 3.05) is 0 Å². The Morgan fingerprint density at radius 2 is 2.06 bits per heavy atom. The van der Waals surface area contributed by atoms with Crippen molar-refractivity contribution in [3.8, 4) is 5.69 Å². The second kappa shape index (κ2) is 4.67. The molecule has 16 heavy (non-hydrogen) atoms. The van der Waals surface area contributed by atoms with Crippen molar-refractivity contribution in [1.29, 1.82) is 0 Å². The van der Waals surface area contributed by atoms with Gasteiger partial charge in [0.15, 0.2) is 0 Å². The van der Waals surface area contributed by atoms with Gasteiger partial charge in [0.2, 0.25) is 0 Å². The Hall–Kier alpha value is -0.680. The molecule has 0 unspecified atom stereocenters. The summed E-state index contributed by atoms with van der Waals surface area (Å²) in [5, 5.41) is 5.19. The first-order valence-corrected chi connectivity index (χ1v) is 6.78. The maximum Gasteiger partial charge on any atom is 0.148 e. The van der Waals surface area contributed by atoms with Crippen LogP contribution in [-0.4, -0.2) is 14.8 Å². The van der Waals surface area contributed by atoms with E-state index in [4.69, 9.17) is 0 Å². The van der Waals surface area contributed by atoms with Crippen molar-refractivity contribution >= 4 is 31.9 Å². The molecule has 0 N–H and O–H groups in total. The van der Waals surface area contributed by atoms with Crippen LogP contribution in [0, 0.1) is 13.8 Å². The van der Waals surface area contributed by atoms with Crippen molar-refractivity contribution in [3.05, 3.63) is 39.9 Å². The summed E-state index contributed by atoms with van der Waals surface area (Å²) in [6.45, 7) is 3.84. The third-order valence-corrected chi connectivity index (χ3v) is 3.64. The molecule has 1 heterocycles. The van der Waals surface area contributed by atoms with Gasteiger partial charge in [0, 0.05) is 9.80 Å². The molecule has 0 aliphatic heterocycles. The lowest BCUT2D eigenvalue weighted by Crippen LogP contribution is -1.99. The van der Waals surface area contributed by atoms with E-state index < -0.39 is 0 Å². The zero-order valence-electron chi connectivity index (χ0n) is 9.04. The standard InChI is InChI=1S/C11H11Br2N3/c1-7-14-8(2)16(15-7)10-4-3-9(6-12)11(13)5-10/h3-5H,6H2,1-2H3. The Labute approximate surface area is 111 Å². The van der Waals surface area contributed by atoms with Crippen LogP contribution >= 0.6 is 31.9 Å². The molecule has 5 heteroatoms. The summed E-state index contributed by atoms with van der Waals surface area (Å²) in [5.41, 5.74) is 2.24. The van der Waals surface area contributed by atoms with E-state index in [-0.39, 0.29) is 0 Å². The molecule has 1 aromatic heterocycles. The third kappa shape index (κ3) is 2.20. The number of aromatic nitrogens is 3. The molecular weight excluding hydrogens is 334 g/mol. The summed E-state index contributed by atoms with van der Waals surface area (Å²) >= 11 is 6.99. The summed E-state index contributed by atoms with van der Waals surface area (Å²) in [6, 6.07) is 6.17. The van der Waals surface area contributed by atoms with E-state index >= 15 is 0 Å². The number of hydrogen-bond acceptors (Lipinski definition) is 2. The van der Waals surface area contributed by atoms with E-state index in [1.807, 2.05) is 24.6 Å². The van der Waals surface area contributed by atoms with Crippen LogP contribution < -0.4 is 0 Å². The van der Waals surface area contributed by atoms with Crippen LogP contribution in [0.1, 0.15) is 17.2 Å². The third-order valence-electron chi connectivity index (χ3n) is 2.30. The summed E-state index contributed by atoms with van der Waals surface area (Å²) in [4.78, 5) is 4.29. The minimum Gasteiger partial charge on any atom is -0.218 e. The van der Waals surface area contributed by atoms with Crippen molar-refractivity contribution in [1.82, 2.24) is 14.8 Å². The molecule has 2 rings (SSSR count). The van der Waals surface area contributed by atoms with E-state index in [1.54, 1.807) is 0 Å². The highest BCUT2D eigenvalue weighted by atomic mass is 79.9. The second-order valence-corrected chi connectivity index (χ2v) is 4.94. The van der Waals surface area contributed by atoms with E-state index in [0.717, 1.165) is 27.1 Å². The van der Waals surface area contributed by atoms with Gasteiger partial charge in [-0.3, -0.25) is 0 Å². The van der Waals surface area contributed by atoms with Gasteiger partial charge in [-0.05, 0) is 31.5 Å². The summed E-state index contributed by atoms with van der Waals surface area (Å²) in [6.07, 6.45) is 0. The van der Waals surface area contributed by atoms with Crippen LogP contribution in [0.25, 0.3) is 5.69 Å². The first kappa shape index (κ1) is 11.8. The molecule has 0 saturated carbocycles. The number of rotatable bonds is 2. The molecule has 0 spiro atoms. The van der Waals surface area contributed by atoms with Gasteiger partial charge in [-0.15, -0.1) is 0 Å². The second-order valence-electron chi connectivity index (χ2n) is 3.53. The lowest BCUT2D eigenvalue weighted by molar-refractivity contribution is 0.830. The molecule has 0 atom stereocenters. The normalized spacial score (nSPS) is 10.8. The van der Waals surface area contributed by atoms with Crippen molar-refractivity contribution < 1.29 is 0 Å². The number of halogens is 2. The van der Waals surface area contributed by atoms with Gasteiger partial charge in [0.05, 0.1) is 5.69 Å². The minimum absolute atomic E-state index is 0.790. The Morgan fingerprint density at radius 3 is 2.56 bits per heavy atom. The zero-order valence-corrected chi connectivity index (χ0v) is 12.2. The Bertz CT molecular complexity index is 520. The summed E-state index contributed by atoms with van der Waals surface area (Å²) in [5.74, 6) is 1.69. The van der Waals surface area contributed by atoms with Gasteiger partial charge in [-0.25, -0.2) is 9.67 Å². The highest BCUT2D eigenvalue weighted by Crippen LogP contribution is 2.23. The average Bonchev–Trinajstić information content (AvgIpc) is 2.58. The molecule has 0 radical (unpaired) electrons. The molecule has 84 valence electrons. The van der Waals surface area contributed by atoms with Crippen molar-refractivity contribution in [2.45, 2.75) is 19.2 Å². The fraction of sp³-hybridized carbons (Fsp3) is 0.273. The highest BCUT2D eigenvalue weighted by molar-refractivity contribution is 9.10. The first-order chi connectivity index (χ1) is 7.61. The van der Waals surface area contributed by atoms with Crippen molar-refractivity contribution in [2.24, 2.45) is 0 Å². The molecule has 0 fully saturated rings. The SMILES string of the molecule is Cc1nc(C)n(-c2ccc(CBr)c(Br)c2)n1. The number of alkyl halides is 1. The van der Waals surface area contributed by atoms with Crippen LogP contribution in [0.2, 0.25) is 0 Å². The Balaban J connectivity index is 2.49. The fourth-order valence-corrected chi connectivity index (χ4v) is 2.91. The van der Waals surface area contributed by atoms with Crippen LogP contribution in [0.4, 0.5) is 0 Å². The predicted molar refractivity (Wildman–Crippen MR) is 71.2 cm³/mol. The molecule has 0 saturated heterocycles. The number of hydrogen-bond donors (Lipinski definition) is 0. The van der Waals surface area contributed by atoms with Crippen LogP contribution in [-0.2, 0) is 5.33 Å². The summed E-state index contributed by atoms with van der Waals surface area (Å²) < 4.78 is 2.92. The topological polar surface area (TPSA) is 30.7 Å². The van der Waals surface area contributed by atoms with E-state index in [2.05, 4.69) is 54.1 Å². The molecule has 0 aliphatic carbocycles. The van der Waals surface area contributed by atoms with Crippen LogP contribution in [0.5, 0.6) is 0 Å². The zero-order chi connectivity index (χ0) is 11.7. The molecular formula is C11H11Br2N3. The number of aryl methyl sites for hydroxylation is 2. The largest absolute Gasteiger partial charge is 0.218 e. The molecule has 3 nitrogen and oxygen atoms in total. The lowest BCUT2D eigenvalue weighted by atomic mass is 10.2. The predicted octanol–water partition coefficient (Wildman–Crippen LogP) is 3.54. The number of nitrogens with zero attached hydrogens (tertiary/aromatic N) is 3. The maximum absolute atomic E-state index is 4.35. The Morgan fingerprint density at radius 1 is 1.31 bits per heavy atom. The van der Waals surface area contributed by atoms with Gasteiger partial charge in [0.25, 0.3) is 0 Å². The first-order valence-electron chi connectivity index (χ1n) is 4.87. The van der Waals surface area contributed by atoms with Gasteiger partial charge in [-0.1, -0.05) is 37.9 Å². The fourth-order valence-electron chi connectivity index (χ4n) is 1.54. The van der Waals surface area contributed by atoms with Crippen molar-refractivity contribution in [3.63, 3.8) is 0 Å². The van der Waals surface area contributed by atoms with Crippen LogP contribution in [0.15, 0.2) is 22.7 Å². The van der Waals surface area contributed by atoms with Crippen LogP contribution in [0.3, 0.4) is 0 Å². The van der Waals surface area contributed by atoms with E-state index in [0.29, 0.717) is 0 Å². The molecule has 1 aromatic carbocycles. The summed E-state index contributed by atoms with van der Waals surface area (Å²) in [7, 11) is 0. The van der Waals surface area contributed by atoms with Gasteiger partial charge in [0.1, 0.15) is 11.6 Å². The van der Waals surface area contributed by atoms with Gasteiger partial charge in [-0.2, -0.15) is 5.10 Å².